The van der Waals surface area contributed by atoms with E-state index in [2.05, 4.69) is 4.98 Å². The highest BCUT2D eigenvalue weighted by Gasteiger charge is 2.19. The maximum absolute atomic E-state index is 13.6. The van der Waals surface area contributed by atoms with Crippen LogP contribution in [-0.2, 0) is 11.3 Å². The van der Waals surface area contributed by atoms with Gasteiger partial charge in [-0.3, -0.25) is 19.1 Å². The van der Waals surface area contributed by atoms with Crippen molar-refractivity contribution in [2.75, 3.05) is 17.7 Å². The number of carbonyl (C=O) groups is 1. The minimum atomic E-state index is -0.827. The molecule has 144 valence electrons. The second-order valence-corrected chi connectivity index (χ2v) is 5.86. The molecule has 1 aromatic carbocycles. The van der Waals surface area contributed by atoms with Gasteiger partial charge in [-0.25, -0.2) is 13.6 Å². The third-order valence-electron chi connectivity index (χ3n) is 4.01. The minimum absolute atomic E-state index is 0.154. The number of nitrogens with one attached hydrogen (secondary N) is 1. The first-order valence-electron chi connectivity index (χ1n) is 8.30. The minimum Gasteiger partial charge on any atom is -0.383 e. The zero-order chi connectivity index (χ0) is 20.1. The maximum atomic E-state index is 13.6. The number of benzene rings is 1. The fourth-order valence-electron chi connectivity index (χ4n) is 2.49. The monoisotopic (exact) mass is 378 g/mol. The molecule has 0 radical (unpaired) electrons. The fraction of sp³-hybridized carbons (Fsp3) is 0.278. The van der Waals surface area contributed by atoms with Crippen LogP contribution in [0.4, 0.5) is 20.3 Å². The van der Waals surface area contributed by atoms with Crippen LogP contribution in [0.5, 0.6) is 0 Å². The summed E-state index contributed by atoms with van der Waals surface area (Å²) in [6, 6.07) is 3.32. The number of nitrogens with two attached hydrogens (primary N) is 1. The van der Waals surface area contributed by atoms with E-state index in [9.17, 15) is 23.2 Å². The van der Waals surface area contributed by atoms with E-state index in [0.717, 1.165) is 35.6 Å². The topological polar surface area (TPSA) is 101 Å². The summed E-state index contributed by atoms with van der Waals surface area (Å²) >= 11 is 0. The number of aromatic nitrogens is 2. The molecule has 1 amide bonds. The summed E-state index contributed by atoms with van der Waals surface area (Å²) in [6.45, 7) is 2.21. The van der Waals surface area contributed by atoms with E-state index in [1.165, 1.54) is 17.7 Å². The Bertz CT molecular complexity index is 975. The number of nitrogen functional groups attached to an aromatic ring is 1. The molecule has 0 aliphatic carbocycles. The number of likely N-dealkylation sites (N-methyl/N-ethyl adjacent to an activating group) is 1. The van der Waals surface area contributed by atoms with Crippen molar-refractivity contribution < 1.29 is 13.6 Å². The van der Waals surface area contributed by atoms with Crippen LogP contribution < -0.4 is 21.9 Å². The van der Waals surface area contributed by atoms with Gasteiger partial charge in [-0.2, -0.15) is 0 Å². The number of halogens is 2. The van der Waals surface area contributed by atoms with Crippen molar-refractivity contribution in [3.05, 3.63) is 62.3 Å². The smallest absolute Gasteiger partial charge is 0.330 e. The highest BCUT2D eigenvalue weighted by Crippen LogP contribution is 2.17. The van der Waals surface area contributed by atoms with E-state index >= 15 is 0 Å². The number of hydrogen-bond acceptors (Lipinski definition) is 4. The lowest BCUT2D eigenvalue weighted by Crippen LogP contribution is -2.38. The molecule has 0 unspecified atom stereocenters. The Morgan fingerprint density at radius 1 is 1.30 bits per heavy atom. The Labute approximate surface area is 153 Å². The predicted octanol–water partition coefficient (Wildman–Crippen LogP) is 1.87. The van der Waals surface area contributed by atoms with Crippen molar-refractivity contribution in [2.45, 2.75) is 26.3 Å². The summed E-state index contributed by atoms with van der Waals surface area (Å²) in [7, 11) is 1.28. The Morgan fingerprint density at radius 2 is 1.93 bits per heavy atom. The molecule has 0 spiro atoms. The van der Waals surface area contributed by atoms with E-state index < -0.39 is 28.8 Å². The number of anilines is 2. The highest BCUT2D eigenvalue weighted by atomic mass is 19.1. The Morgan fingerprint density at radius 3 is 2.52 bits per heavy atom. The van der Waals surface area contributed by atoms with Gasteiger partial charge in [-0.1, -0.05) is 19.4 Å². The van der Waals surface area contributed by atoms with E-state index in [1.54, 1.807) is 0 Å². The summed E-state index contributed by atoms with van der Waals surface area (Å²) in [5.41, 5.74) is 3.84. The molecule has 27 heavy (non-hydrogen) atoms. The lowest BCUT2D eigenvalue weighted by Gasteiger charge is -2.19. The molecular weight excluding hydrogens is 358 g/mol. The molecule has 2 rings (SSSR count). The number of amides is 1. The molecule has 9 heteroatoms. The number of rotatable bonds is 6. The van der Waals surface area contributed by atoms with Gasteiger partial charge in [-0.15, -0.1) is 0 Å². The molecule has 2 aromatic rings. The van der Waals surface area contributed by atoms with Crippen LogP contribution in [0, 0.1) is 11.6 Å². The number of aromatic amines is 1. The van der Waals surface area contributed by atoms with Gasteiger partial charge in [0.05, 0.1) is 0 Å². The van der Waals surface area contributed by atoms with Crippen LogP contribution in [0.3, 0.4) is 0 Å². The summed E-state index contributed by atoms with van der Waals surface area (Å²) in [6.07, 6.45) is 3.34. The molecule has 0 atom stereocenters. The van der Waals surface area contributed by atoms with Gasteiger partial charge in [-0.05, 0) is 24.6 Å². The van der Waals surface area contributed by atoms with Crippen molar-refractivity contribution in [1.29, 1.82) is 0 Å². The van der Waals surface area contributed by atoms with Crippen molar-refractivity contribution in [3.63, 3.8) is 0 Å². The molecule has 7 nitrogen and oxygen atoms in total. The Hall–Kier alpha value is -3.23. The van der Waals surface area contributed by atoms with E-state index in [1.807, 2.05) is 6.92 Å². The van der Waals surface area contributed by atoms with Gasteiger partial charge in [0.2, 0.25) is 0 Å². The molecule has 0 aliphatic heterocycles. The lowest BCUT2D eigenvalue weighted by atomic mass is 10.2. The first kappa shape index (κ1) is 20.1. The van der Waals surface area contributed by atoms with Crippen molar-refractivity contribution in [3.8, 4) is 0 Å². The summed E-state index contributed by atoms with van der Waals surface area (Å²) in [5.74, 6) is -2.55. The van der Waals surface area contributed by atoms with Crippen LogP contribution in [0.1, 0.15) is 25.3 Å². The molecule has 0 fully saturated rings. The number of unbranched alkanes of at least 4 members (excludes halogenated alkanes) is 1. The molecule has 3 N–H and O–H groups in total. The van der Waals surface area contributed by atoms with Gasteiger partial charge < -0.3 is 10.6 Å². The van der Waals surface area contributed by atoms with E-state index in [-0.39, 0.29) is 23.6 Å². The molecule has 0 saturated carbocycles. The molecule has 0 saturated heterocycles. The van der Waals surface area contributed by atoms with Gasteiger partial charge >= 0.3 is 5.69 Å². The second kappa shape index (κ2) is 8.43. The first-order chi connectivity index (χ1) is 12.8. The number of hydrogen-bond donors (Lipinski definition) is 2. The highest BCUT2D eigenvalue weighted by molar-refractivity contribution is 6.04. The lowest BCUT2D eigenvalue weighted by molar-refractivity contribution is -0.113. The van der Waals surface area contributed by atoms with Gasteiger partial charge in [0.25, 0.3) is 11.5 Å². The van der Waals surface area contributed by atoms with Crippen LogP contribution in [-0.4, -0.2) is 22.5 Å². The molecule has 1 heterocycles. The average Bonchev–Trinajstić information content (AvgIpc) is 2.60. The molecular formula is C18H20F2N4O3. The molecule has 0 aliphatic rings. The number of nitrogens with zero attached hydrogens (tertiary/aromatic N) is 2. The Balaban J connectivity index is 2.38. The summed E-state index contributed by atoms with van der Waals surface area (Å²) < 4.78 is 28.5. The quantitative estimate of drug-likeness (QED) is 0.750. The Kier molecular flexibility index (Phi) is 6.27. The standard InChI is InChI=1S/C18H20F2N4O3/c1-3-4-10-24-16(21)15(17(26)22-18(24)27)23(2)14(25)9-8-11-12(19)6-5-7-13(11)20/h5-9H,3-4,10,21H2,1-2H3,(H,22,26,27)/b9-8+. The third kappa shape index (κ3) is 4.30. The maximum Gasteiger partial charge on any atom is 0.330 e. The van der Waals surface area contributed by atoms with Gasteiger partial charge in [0.1, 0.15) is 17.5 Å². The zero-order valence-corrected chi connectivity index (χ0v) is 15.0. The van der Waals surface area contributed by atoms with Gasteiger partial charge in [0, 0.05) is 25.2 Å². The van der Waals surface area contributed by atoms with Crippen LogP contribution >= 0.6 is 0 Å². The van der Waals surface area contributed by atoms with Crippen LogP contribution in [0.25, 0.3) is 6.08 Å². The van der Waals surface area contributed by atoms with Crippen molar-refractivity contribution >= 4 is 23.5 Å². The normalized spacial score (nSPS) is 11.1. The van der Waals surface area contributed by atoms with E-state index in [4.69, 9.17) is 5.73 Å². The zero-order valence-electron chi connectivity index (χ0n) is 15.0. The second-order valence-electron chi connectivity index (χ2n) is 5.86. The average molecular weight is 378 g/mol. The van der Waals surface area contributed by atoms with Gasteiger partial charge in [0.15, 0.2) is 5.69 Å². The van der Waals surface area contributed by atoms with Crippen molar-refractivity contribution in [1.82, 2.24) is 9.55 Å². The van der Waals surface area contributed by atoms with Crippen molar-refractivity contribution in [2.24, 2.45) is 0 Å². The van der Waals surface area contributed by atoms with Crippen LogP contribution in [0.15, 0.2) is 33.9 Å². The fourth-order valence-corrected chi connectivity index (χ4v) is 2.49. The first-order valence-corrected chi connectivity index (χ1v) is 8.30. The van der Waals surface area contributed by atoms with Crippen LogP contribution in [0.2, 0.25) is 0 Å². The molecule has 1 aromatic heterocycles. The SMILES string of the molecule is CCCCn1c(N)c(N(C)C(=O)/C=C/c2c(F)cccc2F)c(=O)[nH]c1=O. The number of H-pyrrole nitrogens is 1. The largest absolute Gasteiger partial charge is 0.383 e. The van der Waals surface area contributed by atoms with E-state index in [0.29, 0.717) is 6.42 Å². The molecule has 0 bridgehead atoms. The predicted molar refractivity (Wildman–Crippen MR) is 99.4 cm³/mol. The third-order valence-corrected chi connectivity index (χ3v) is 4.01. The summed E-state index contributed by atoms with van der Waals surface area (Å²) in [4.78, 5) is 39.4. The summed E-state index contributed by atoms with van der Waals surface area (Å²) in [5, 5.41) is 0. The number of carbonyl (C=O) groups excluding carboxylic acids is 1.